The maximum Gasteiger partial charge on any atom is 0.266 e. The Balaban J connectivity index is 2.89. The number of carbonyl (C=O) groups excluding carboxylic acids is 2. The lowest BCUT2D eigenvalue weighted by Crippen LogP contribution is -2.14. The second-order valence-electron chi connectivity index (χ2n) is 2.95. The van der Waals surface area contributed by atoms with Gasteiger partial charge in [-0.1, -0.05) is 18.2 Å². The number of nitrogens with zero attached hydrogens (tertiary/aromatic N) is 1. The molecule has 6 heteroatoms. The molecule has 0 fully saturated rings. The third-order valence-corrected chi connectivity index (χ3v) is 1.93. The van der Waals surface area contributed by atoms with Gasteiger partial charge in [0, 0.05) is 13.2 Å². The molecule has 0 saturated carbocycles. The quantitative estimate of drug-likeness (QED) is 0.750. The number of nitrogens with one attached hydrogen (secondary N) is 1. The zero-order valence-corrected chi connectivity index (χ0v) is 8.84. The fourth-order valence-electron chi connectivity index (χ4n) is 1.08. The number of anilines is 1. The number of nitrogens with two attached hydrogens (primary N) is 1. The predicted octanol–water partition coefficient (Wildman–Crippen LogP) is 0.815. The van der Waals surface area contributed by atoms with E-state index in [0.29, 0.717) is 11.4 Å². The molecule has 0 saturated heterocycles. The fraction of sp³-hybridized carbons (Fsp3) is 0.111. The summed E-state index contributed by atoms with van der Waals surface area (Å²) in [5.41, 5.74) is 5.84. The topological polar surface area (TPSA) is 77.1 Å². The molecule has 5 nitrogen and oxygen atoms in total. The zero-order chi connectivity index (χ0) is 11.6. The molecule has 15 heavy (non-hydrogen) atoms. The van der Waals surface area contributed by atoms with Crippen molar-refractivity contribution < 1.29 is 9.59 Å². The molecular formula is C9H10ClN3O2. The van der Waals surface area contributed by atoms with Crippen LogP contribution in [0.1, 0.15) is 10.5 Å². The third-order valence-electron chi connectivity index (χ3n) is 1.76. The second-order valence-corrected chi connectivity index (χ2v) is 3.40. The molecule has 3 N–H and O–H groups in total. The average molecular weight is 228 g/mol. The van der Waals surface area contributed by atoms with Crippen LogP contribution in [0.4, 0.5) is 5.69 Å². The maximum absolute atomic E-state index is 11.1. The van der Waals surface area contributed by atoms with Crippen LogP contribution in [-0.4, -0.2) is 16.4 Å². The molecule has 0 bridgehead atoms. The van der Waals surface area contributed by atoms with E-state index in [4.69, 9.17) is 17.3 Å². The van der Waals surface area contributed by atoms with Crippen molar-refractivity contribution in [1.29, 1.82) is 0 Å². The monoisotopic (exact) mass is 227 g/mol. The Bertz CT molecular complexity index is 437. The van der Waals surface area contributed by atoms with Crippen molar-refractivity contribution >= 4 is 29.1 Å². The molecule has 0 radical (unpaired) electrons. The van der Waals surface area contributed by atoms with Gasteiger partial charge in [0.1, 0.15) is 5.69 Å². The molecule has 0 atom stereocenters. The molecule has 0 spiro atoms. The molecular weight excluding hydrogens is 218 g/mol. The van der Waals surface area contributed by atoms with Crippen molar-refractivity contribution in [3.8, 4) is 0 Å². The lowest BCUT2D eigenvalue weighted by Gasteiger charge is -1.98. The lowest BCUT2D eigenvalue weighted by atomic mass is 10.4. The van der Waals surface area contributed by atoms with Gasteiger partial charge < -0.3 is 15.6 Å². The Morgan fingerprint density at radius 2 is 2.20 bits per heavy atom. The lowest BCUT2D eigenvalue weighted by molar-refractivity contribution is -0.112. The first-order valence-corrected chi connectivity index (χ1v) is 4.41. The summed E-state index contributed by atoms with van der Waals surface area (Å²) < 4.78 is 1.51. The van der Waals surface area contributed by atoms with Gasteiger partial charge >= 0.3 is 0 Å². The summed E-state index contributed by atoms with van der Waals surface area (Å²) in [6.07, 6.45) is 1.55. The Morgan fingerprint density at radius 3 is 2.60 bits per heavy atom. The minimum absolute atomic E-state index is 0.125. The highest BCUT2D eigenvalue weighted by molar-refractivity contribution is 6.43. The van der Waals surface area contributed by atoms with E-state index in [1.165, 1.54) is 10.6 Å². The smallest absolute Gasteiger partial charge is 0.266 e. The van der Waals surface area contributed by atoms with E-state index in [1.807, 2.05) is 0 Å². The normalized spacial score (nSPS) is 9.73. The number of hydrogen-bond acceptors (Lipinski definition) is 2. The highest BCUT2D eigenvalue weighted by Gasteiger charge is 2.10. The van der Waals surface area contributed by atoms with Crippen LogP contribution in [0.25, 0.3) is 0 Å². The molecule has 0 aromatic carbocycles. The van der Waals surface area contributed by atoms with Crippen LogP contribution < -0.4 is 11.1 Å². The van der Waals surface area contributed by atoms with Crippen LogP contribution in [0, 0.1) is 0 Å². The van der Waals surface area contributed by atoms with Crippen molar-refractivity contribution in [2.24, 2.45) is 12.8 Å². The fourth-order valence-corrected chi connectivity index (χ4v) is 1.12. The molecule has 80 valence electrons. The summed E-state index contributed by atoms with van der Waals surface area (Å²) in [4.78, 5) is 22.0. The highest BCUT2D eigenvalue weighted by atomic mass is 35.5. The predicted molar refractivity (Wildman–Crippen MR) is 57.6 cm³/mol. The number of hydrogen-bond donors (Lipinski definition) is 2. The number of aryl methyl sites for hydroxylation is 1. The largest absolute Gasteiger partial charge is 0.364 e. The van der Waals surface area contributed by atoms with Crippen molar-refractivity contribution in [1.82, 2.24) is 4.57 Å². The van der Waals surface area contributed by atoms with Crippen molar-refractivity contribution in [2.75, 3.05) is 5.32 Å². The van der Waals surface area contributed by atoms with E-state index < -0.39 is 11.8 Å². The SMILES string of the molecule is C=C(Cl)C(=O)Nc1cc(C(N)=O)n(C)c1. The molecule has 1 aromatic rings. The van der Waals surface area contributed by atoms with E-state index in [-0.39, 0.29) is 5.03 Å². The average Bonchev–Trinajstić information content (AvgIpc) is 2.46. The summed E-state index contributed by atoms with van der Waals surface area (Å²) in [6, 6.07) is 1.46. The van der Waals surface area contributed by atoms with Gasteiger partial charge in [0.05, 0.1) is 10.7 Å². The first-order chi connectivity index (χ1) is 6.91. The summed E-state index contributed by atoms with van der Waals surface area (Å²) in [5, 5.41) is 2.33. The van der Waals surface area contributed by atoms with Gasteiger partial charge in [0.25, 0.3) is 11.8 Å². The minimum Gasteiger partial charge on any atom is -0.364 e. The van der Waals surface area contributed by atoms with Gasteiger partial charge in [-0.15, -0.1) is 0 Å². The van der Waals surface area contributed by atoms with Crippen molar-refractivity contribution in [2.45, 2.75) is 0 Å². The van der Waals surface area contributed by atoms with Crippen LogP contribution in [-0.2, 0) is 11.8 Å². The molecule has 0 aliphatic carbocycles. The van der Waals surface area contributed by atoms with Crippen LogP contribution in [0.2, 0.25) is 0 Å². The molecule has 1 rings (SSSR count). The number of primary amides is 1. The molecule has 2 amide bonds. The molecule has 0 aliphatic heterocycles. The van der Waals surface area contributed by atoms with Gasteiger partial charge in [-0.25, -0.2) is 0 Å². The van der Waals surface area contributed by atoms with Crippen LogP contribution in [0.3, 0.4) is 0 Å². The van der Waals surface area contributed by atoms with Crippen LogP contribution >= 0.6 is 11.6 Å². The van der Waals surface area contributed by atoms with E-state index >= 15 is 0 Å². The van der Waals surface area contributed by atoms with Gasteiger partial charge in [-0.2, -0.15) is 0 Å². The minimum atomic E-state index is -0.567. The van der Waals surface area contributed by atoms with E-state index in [9.17, 15) is 9.59 Å². The number of amides is 2. The summed E-state index contributed by atoms with van der Waals surface area (Å²) >= 11 is 5.38. The van der Waals surface area contributed by atoms with E-state index in [1.54, 1.807) is 13.2 Å². The van der Waals surface area contributed by atoms with Gasteiger partial charge in [-0.05, 0) is 6.07 Å². The molecule has 1 aromatic heterocycles. The van der Waals surface area contributed by atoms with Gasteiger partial charge in [0.15, 0.2) is 0 Å². The Labute approximate surface area is 91.5 Å². The number of rotatable bonds is 3. The Hall–Kier alpha value is -1.75. The van der Waals surface area contributed by atoms with Gasteiger partial charge in [-0.3, -0.25) is 9.59 Å². The van der Waals surface area contributed by atoms with E-state index in [0.717, 1.165) is 0 Å². The first-order valence-electron chi connectivity index (χ1n) is 4.03. The first kappa shape index (κ1) is 11.3. The zero-order valence-electron chi connectivity index (χ0n) is 8.08. The number of carbonyl (C=O) groups is 2. The number of aromatic nitrogens is 1. The van der Waals surface area contributed by atoms with Crippen molar-refractivity contribution in [3.05, 3.63) is 29.6 Å². The Kier molecular flexibility index (Phi) is 3.16. The second kappa shape index (κ2) is 4.18. The third kappa shape index (κ3) is 2.60. The van der Waals surface area contributed by atoms with Crippen LogP contribution in [0.15, 0.2) is 23.9 Å². The van der Waals surface area contributed by atoms with E-state index in [2.05, 4.69) is 11.9 Å². The Morgan fingerprint density at radius 1 is 1.60 bits per heavy atom. The standard InChI is InChI=1S/C9H10ClN3O2/c1-5(10)9(15)12-6-3-7(8(11)14)13(2)4-6/h3-4H,1H2,2H3,(H2,11,14)(H,12,15). The maximum atomic E-state index is 11.1. The number of halogens is 1. The molecule has 0 unspecified atom stereocenters. The molecule has 1 heterocycles. The summed E-state index contributed by atoms with van der Waals surface area (Å²) in [7, 11) is 1.64. The van der Waals surface area contributed by atoms with Gasteiger partial charge in [0.2, 0.25) is 0 Å². The highest BCUT2D eigenvalue weighted by Crippen LogP contribution is 2.13. The molecule has 0 aliphatic rings. The summed E-state index contributed by atoms with van der Waals surface area (Å²) in [5.74, 6) is -1.08. The summed E-state index contributed by atoms with van der Waals surface area (Å²) in [6.45, 7) is 3.27. The van der Waals surface area contributed by atoms with Crippen LogP contribution in [0.5, 0.6) is 0 Å². The van der Waals surface area contributed by atoms with Crippen molar-refractivity contribution in [3.63, 3.8) is 0 Å².